The van der Waals surface area contributed by atoms with Crippen LogP contribution in [-0.4, -0.2) is 74.1 Å². The highest BCUT2D eigenvalue weighted by molar-refractivity contribution is 5.87. The second kappa shape index (κ2) is 14.7. The van der Waals surface area contributed by atoms with E-state index in [1.807, 2.05) is 13.8 Å². The highest BCUT2D eigenvalue weighted by Crippen LogP contribution is 2.49. The SMILES string of the molecule is C=CC(O)CC(O)C(C(=O)O)c1c(C(C)C)cc(OCCOCCOC)c(OC)c1-c1ccccc1F. The van der Waals surface area contributed by atoms with Crippen molar-refractivity contribution in [1.29, 1.82) is 0 Å². The van der Waals surface area contributed by atoms with Crippen LogP contribution in [0, 0.1) is 5.82 Å². The molecule has 37 heavy (non-hydrogen) atoms. The summed E-state index contributed by atoms with van der Waals surface area (Å²) in [6.07, 6.45) is -1.68. The third kappa shape index (κ3) is 7.75. The number of ether oxygens (including phenoxy) is 4. The van der Waals surface area contributed by atoms with E-state index in [4.69, 9.17) is 18.9 Å². The lowest BCUT2D eigenvalue weighted by atomic mass is 9.79. The van der Waals surface area contributed by atoms with Crippen molar-refractivity contribution >= 4 is 5.97 Å². The molecule has 0 aromatic heterocycles. The lowest BCUT2D eigenvalue weighted by Crippen LogP contribution is -2.31. The highest BCUT2D eigenvalue weighted by Gasteiger charge is 2.37. The third-order valence-corrected chi connectivity index (χ3v) is 5.92. The minimum absolute atomic E-state index is 0.0979. The molecule has 0 saturated heterocycles. The Morgan fingerprint density at radius 2 is 1.78 bits per heavy atom. The van der Waals surface area contributed by atoms with E-state index in [0.29, 0.717) is 18.8 Å². The Bertz CT molecular complexity index is 1040. The monoisotopic (exact) mass is 520 g/mol. The van der Waals surface area contributed by atoms with E-state index in [2.05, 4.69) is 6.58 Å². The van der Waals surface area contributed by atoms with Crippen molar-refractivity contribution in [3.8, 4) is 22.6 Å². The molecule has 0 aliphatic carbocycles. The van der Waals surface area contributed by atoms with Gasteiger partial charge in [-0.05, 0) is 29.2 Å². The van der Waals surface area contributed by atoms with Gasteiger partial charge in [0, 0.05) is 24.7 Å². The van der Waals surface area contributed by atoms with Crippen LogP contribution in [0.15, 0.2) is 43.0 Å². The van der Waals surface area contributed by atoms with Gasteiger partial charge in [0.25, 0.3) is 0 Å². The summed E-state index contributed by atoms with van der Waals surface area (Å²) in [4.78, 5) is 12.6. The van der Waals surface area contributed by atoms with Gasteiger partial charge in [-0.2, -0.15) is 0 Å². The summed E-state index contributed by atoms with van der Waals surface area (Å²) in [6, 6.07) is 7.59. The number of aliphatic carboxylic acids is 1. The lowest BCUT2D eigenvalue weighted by Gasteiger charge is -2.29. The van der Waals surface area contributed by atoms with Gasteiger partial charge in [-0.15, -0.1) is 6.58 Å². The van der Waals surface area contributed by atoms with Crippen LogP contribution >= 0.6 is 0 Å². The lowest BCUT2D eigenvalue weighted by molar-refractivity contribution is -0.142. The fraction of sp³-hybridized carbons (Fsp3) is 0.464. The molecule has 0 spiro atoms. The molecule has 0 amide bonds. The van der Waals surface area contributed by atoms with Gasteiger partial charge in [0.05, 0.1) is 39.1 Å². The predicted octanol–water partition coefficient (Wildman–Crippen LogP) is 4.13. The molecule has 0 radical (unpaired) electrons. The number of carboxylic acids is 1. The second-order valence-electron chi connectivity index (χ2n) is 8.80. The van der Waals surface area contributed by atoms with Crippen LogP contribution in [0.5, 0.6) is 11.5 Å². The maximum atomic E-state index is 15.2. The summed E-state index contributed by atoms with van der Waals surface area (Å²) >= 11 is 0. The van der Waals surface area contributed by atoms with Gasteiger partial charge in [0.1, 0.15) is 18.3 Å². The van der Waals surface area contributed by atoms with E-state index in [0.717, 1.165) is 0 Å². The molecule has 0 bridgehead atoms. The fourth-order valence-corrected chi connectivity index (χ4v) is 4.14. The molecule has 8 nitrogen and oxygen atoms in total. The van der Waals surface area contributed by atoms with Crippen molar-refractivity contribution in [2.75, 3.05) is 40.6 Å². The molecule has 3 atom stereocenters. The molecule has 2 rings (SSSR count). The summed E-state index contributed by atoms with van der Waals surface area (Å²) in [5.41, 5.74) is 0.994. The number of carboxylic acid groups (broad SMARTS) is 1. The number of halogens is 1. The van der Waals surface area contributed by atoms with E-state index in [1.54, 1.807) is 19.2 Å². The van der Waals surface area contributed by atoms with E-state index in [-0.39, 0.29) is 53.7 Å². The first-order chi connectivity index (χ1) is 17.7. The number of methoxy groups -OCH3 is 2. The van der Waals surface area contributed by atoms with Crippen molar-refractivity contribution in [1.82, 2.24) is 0 Å². The van der Waals surface area contributed by atoms with Crippen molar-refractivity contribution in [3.63, 3.8) is 0 Å². The second-order valence-corrected chi connectivity index (χ2v) is 8.80. The summed E-state index contributed by atoms with van der Waals surface area (Å²) in [7, 11) is 2.96. The largest absolute Gasteiger partial charge is 0.492 e. The Hall–Kier alpha value is -2.98. The van der Waals surface area contributed by atoms with Crippen molar-refractivity contribution < 1.29 is 43.5 Å². The maximum Gasteiger partial charge on any atom is 0.313 e. The molecular formula is C28H37FO8. The number of hydrogen-bond donors (Lipinski definition) is 3. The van der Waals surface area contributed by atoms with Gasteiger partial charge in [-0.1, -0.05) is 38.1 Å². The summed E-state index contributed by atoms with van der Waals surface area (Å²) in [5.74, 6) is -3.24. The number of aliphatic hydroxyl groups is 2. The molecule has 2 aromatic rings. The Labute approximate surface area is 217 Å². The fourth-order valence-electron chi connectivity index (χ4n) is 4.14. The summed E-state index contributed by atoms with van der Waals surface area (Å²) < 4.78 is 37.3. The number of aliphatic hydroxyl groups excluding tert-OH is 2. The first kappa shape index (κ1) is 30.2. The Morgan fingerprint density at radius 1 is 1.11 bits per heavy atom. The Kier molecular flexibility index (Phi) is 12.0. The molecule has 2 aromatic carbocycles. The number of rotatable bonds is 16. The Morgan fingerprint density at radius 3 is 2.35 bits per heavy atom. The molecule has 3 unspecified atom stereocenters. The standard InChI is InChI=1S/C28H37FO8/c1-6-18(30)15-22(31)26(28(32)33)24-20(17(2)3)16-23(37-14-13-36-12-11-34-4)27(35-5)25(24)19-9-7-8-10-21(19)29/h6-10,16-18,22,26,30-31H,1,11-15H2,2-5H3,(H,32,33). The molecular weight excluding hydrogens is 483 g/mol. The van der Waals surface area contributed by atoms with Crippen LogP contribution in [0.1, 0.15) is 43.2 Å². The normalized spacial score (nSPS) is 13.7. The molecule has 9 heteroatoms. The minimum atomic E-state index is -1.50. The van der Waals surface area contributed by atoms with Crippen LogP contribution < -0.4 is 9.47 Å². The molecule has 0 aliphatic heterocycles. The third-order valence-electron chi connectivity index (χ3n) is 5.92. The van der Waals surface area contributed by atoms with Gasteiger partial charge in [0.2, 0.25) is 0 Å². The predicted molar refractivity (Wildman–Crippen MR) is 138 cm³/mol. The van der Waals surface area contributed by atoms with Gasteiger partial charge in [0.15, 0.2) is 11.5 Å². The van der Waals surface area contributed by atoms with E-state index >= 15 is 4.39 Å². The number of benzene rings is 2. The smallest absolute Gasteiger partial charge is 0.313 e. The zero-order chi connectivity index (χ0) is 27.5. The van der Waals surface area contributed by atoms with E-state index in [1.165, 1.54) is 31.4 Å². The molecule has 0 aliphatic rings. The van der Waals surface area contributed by atoms with E-state index in [9.17, 15) is 20.1 Å². The van der Waals surface area contributed by atoms with E-state index < -0.39 is 29.9 Å². The van der Waals surface area contributed by atoms with Crippen LogP contribution in [0.2, 0.25) is 0 Å². The molecule has 0 heterocycles. The molecule has 3 N–H and O–H groups in total. The van der Waals surface area contributed by atoms with Crippen molar-refractivity contribution in [2.24, 2.45) is 0 Å². The van der Waals surface area contributed by atoms with Gasteiger partial charge >= 0.3 is 5.97 Å². The molecule has 0 fully saturated rings. The first-order valence-electron chi connectivity index (χ1n) is 12.1. The summed E-state index contributed by atoms with van der Waals surface area (Å²) in [5, 5.41) is 31.3. The van der Waals surface area contributed by atoms with Gasteiger partial charge < -0.3 is 34.3 Å². The number of carbonyl (C=O) groups is 1. The highest BCUT2D eigenvalue weighted by atomic mass is 19.1. The van der Waals surface area contributed by atoms with Crippen LogP contribution in [0.25, 0.3) is 11.1 Å². The van der Waals surface area contributed by atoms with Gasteiger partial charge in [-0.3, -0.25) is 4.79 Å². The molecule has 0 saturated carbocycles. The minimum Gasteiger partial charge on any atom is -0.492 e. The zero-order valence-electron chi connectivity index (χ0n) is 21.8. The quantitative estimate of drug-likeness (QED) is 0.224. The Balaban J connectivity index is 2.77. The summed E-state index contributed by atoms with van der Waals surface area (Å²) in [6.45, 7) is 8.46. The van der Waals surface area contributed by atoms with Crippen molar-refractivity contribution in [2.45, 2.75) is 44.3 Å². The molecule has 204 valence electrons. The van der Waals surface area contributed by atoms with Crippen LogP contribution in [0.4, 0.5) is 4.39 Å². The van der Waals surface area contributed by atoms with Crippen LogP contribution in [-0.2, 0) is 14.3 Å². The zero-order valence-corrected chi connectivity index (χ0v) is 21.8. The number of hydrogen-bond acceptors (Lipinski definition) is 7. The van der Waals surface area contributed by atoms with Gasteiger partial charge in [-0.25, -0.2) is 4.39 Å². The van der Waals surface area contributed by atoms with Crippen molar-refractivity contribution in [3.05, 3.63) is 59.9 Å². The average Bonchev–Trinajstić information content (AvgIpc) is 2.86. The van der Waals surface area contributed by atoms with Crippen LogP contribution in [0.3, 0.4) is 0 Å². The first-order valence-corrected chi connectivity index (χ1v) is 12.1. The average molecular weight is 521 g/mol. The topological polar surface area (TPSA) is 115 Å². The maximum absolute atomic E-state index is 15.2.